The molecule has 1 aliphatic heterocycles. The van der Waals surface area contributed by atoms with Gasteiger partial charge in [0.1, 0.15) is 12.1 Å². The standard InChI is InChI=1S/C20H23N7O/c28-19-12-15-2-1-3-17(15)24-27(19)11-8-25-6-9-26(10-7-25)20-16-4-5-21-13-18(16)22-14-23-20/h4-5,12-14H,1-3,6-11H2. The third-order valence-corrected chi connectivity index (χ3v) is 5.74. The maximum absolute atomic E-state index is 12.3. The Hall–Kier alpha value is -2.87. The molecule has 0 atom stereocenters. The number of hydrogen-bond acceptors (Lipinski definition) is 7. The third kappa shape index (κ3) is 3.24. The summed E-state index contributed by atoms with van der Waals surface area (Å²) in [6.07, 6.45) is 8.27. The second-order valence-electron chi connectivity index (χ2n) is 7.45. The Balaban J connectivity index is 1.23. The van der Waals surface area contributed by atoms with E-state index in [9.17, 15) is 4.79 Å². The molecule has 5 rings (SSSR count). The van der Waals surface area contributed by atoms with Crippen LogP contribution in [0.1, 0.15) is 17.7 Å². The van der Waals surface area contributed by atoms with E-state index in [4.69, 9.17) is 0 Å². The first-order valence-corrected chi connectivity index (χ1v) is 9.90. The molecule has 4 heterocycles. The van der Waals surface area contributed by atoms with Gasteiger partial charge in [-0.3, -0.25) is 14.7 Å². The first kappa shape index (κ1) is 17.2. The van der Waals surface area contributed by atoms with Gasteiger partial charge in [-0.25, -0.2) is 14.6 Å². The zero-order valence-electron chi connectivity index (χ0n) is 15.8. The number of piperazine rings is 1. The quantitative estimate of drug-likeness (QED) is 0.668. The number of pyridine rings is 1. The minimum absolute atomic E-state index is 0.0281. The number of fused-ring (bicyclic) bond motifs is 2. The number of aryl methyl sites for hydroxylation is 2. The fraction of sp³-hybridized carbons (Fsp3) is 0.450. The predicted octanol–water partition coefficient (Wildman–Crippen LogP) is 0.892. The Morgan fingerprint density at radius 1 is 1.04 bits per heavy atom. The van der Waals surface area contributed by atoms with Crippen LogP contribution in [-0.4, -0.2) is 62.4 Å². The van der Waals surface area contributed by atoms with Crippen LogP contribution in [0.25, 0.3) is 10.9 Å². The van der Waals surface area contributed by atoms with Crippen LogP contribution >= 0.6 is 0 Å². The van der Waals surface area contributed by atoms with Gasteiger partial charge in [-0.15, -0.1) is 0 Å². The summed E-state index contributed by atoms with van der Waals surface area (Å²) < 4.78 is 1.64. The molecule has 1 aliphatic carbocycles. The van der Waals surface area contributed by atoms with Gasteiger partial charge in [0.05, 0.1) is 24.0 Å². The summed E-state index contributed by atoms with van der Waals surface area (Å²) in [6.45, 7) is 5.18. The minimum atomic E-state index is 0.0281. The average molecular weight is 377 g/mol. The average Bonchev–Trinajstić information content (AvgIpc) is 3.19. The summed E-state index contributed by atoms with van der Waals surface area (Å²) in [7, 11) is 0. The summed E-state index contributed by atoms with van der Waals surface area (Å²) in [5, 5.41) is 5.62. The van der Waals surface area contributed by atoms with Gasteiger partial charge < -0.3 is 4.90 Å². The van der Waals surface area contributed by atoms with Crippen molar-refractivity contribution in [3.63, 3.8) is 0 Å². The monoisotopic (exact) mass is 377 g/mol. The van der Waals surface area contributed by atoms with Gasteiger partial charge >= 0.3 is 0 Å². The molecule has 144 valence electrons. The first-order valence-electron chi connectivity index (χ1n) is 9.90. The largest absolute Gasteiger partial charge is 0.353 e. The van der Waals surface area contributed by atoms with Crippen molar-refractivity contribution >= 4 is 16.7 Å². The number of nitrogens with zero attached hydrogens (tertiary/aromatic N) is 7. The highest BCUT2D eigenvalue weighted by molar-refractivity contribution is 5.88. The molecule has 2 aliphatic rings. The molecule has 0 unspecified atom stereocenters. The lowest BCUT2D eigenvalue weighted by Gasteiger charge is -2.35. The van der Waals surface area contributed by atoms with Crippen LogP contribution < -0.4 is 10.5 Å². The van der Waals surface area contributed by atoms with E-state index < -0.39 is 0 Å². The fourth-order valence-electron chi connectivity index (χ4n) is 4.16. The van der Waals surface area contributed by atoms with Crippen LogP contribution in [0, 0.1) is 0 Å². The highest BCUT2D eigenvalue weighted by atomic mass is 16.1. The molecular formula is C20H23N7O. The van der Waals surface area contributed by atoms with Gasteiger partial charge in [-0.05, 0) is 30.9 Å². The highest BCUT2D eigenvalue weighted by Gasteiger charge is 2.20. The lowest BCUT2D eigenvalue weighted by atomic mass is 10.2. The predicted molar refractivity (Wildman–Crippen MR) is 107 cm³/mol. The molecule has 0 amide bonds. The Bertz CT molecular complexity index is 1050. The van der Waals surface area contributed by atoms with Crippen LogP contribution in [0.2, 0.25) is 0 Å². The van der Waals surface area contributed by atoms with Gasteiger partial charge in [-0.2, -0.15) is 5.10 Å². The van der Waals surface area contributed by atoms with E-state index in [2.05, 4.69) is 29.9 Å². The molecule has 0 spiro atoms. The van der Waals surface area contributed by atoms with Gasteiger partial charge in [-0.1, -0.05) is 0 Å². The van der Waals surface area contributed by atoms with Crippen LogP contribution in [0.15, 0.2) is 35.6 Å². The zero-order chi connectivity index (χ0) is 18.9. The van der Waals surface area contributed by atoms with E-state index in [1.807, 2.05) is 6.07 Å². The summed E-state index contributed by atoms with van der Waals surface area (Å²) in [4.78, 5) is 29.9. The Labute approximate surface area is 162 Å². The van der Waals surface area contributed by atoms with E-state index >= 15 is 0 Å². The van der Waals surface area contributed by atoms with E-state index in [1.54, 1.807) is 29.5 Å². The number of aromatic nitrogens is 5. The third-order valence-electron chi connectivity index (χ3n) is 5.74. The van der Waals surface area contributed by atoms with Crippen molar-refractivity contribution in [3.8, 4) is 0 Å². The van der Waals surface area contributed by atoms with Crippen LogP contribution in [0.5, 0.6) is 0 Å². The Kier molecular flexibility index (Phi) is 4.48. The van der Waals surface area contributed by atoms with E-state index in [1.165, 1.54) is 0 Å². The molecule has 1 saturated heterocycles. The SMILES string of the molecule is O=c1cc2c(nn1CCN1CCN(c3ncnc4cnccc34)CC1)CCC2. The van der Waals surface area contributed by atoms with Crippen LogP contribution in [-0.2, 0) is 19.4 Å². The van der Waals surface area contributed by atoms with Crippen LogP contribution in [0.4, 0.5) is 5.82 Å². The molecule has 0 saturated carbocycles. The van der Waals surface area contributed by atoms with Crippen LogP contribution in [0.3, 0.4) is 0 Å². The van der Waals surface area contributed by atoms with Crippen molar-refractivity contribution in [3.05, 3.63) is 52.5 Å². The molecule has 8 heteroatoms. The second-order valence-corrected chi connectivity index (χ2v) is 7.45. The van der Waals surface area contributed by atoms with Crippen molar-refractivity contribution in [2.45, 2.75) is 25.8 Å². The van der Waals surface area contributed by atoms with Gasteiger partial charge in [0.25, 0.3) is 5.56 Å². The van der Waals surface area contributed by atoms with Crippen molar-refractivity contribution in [2.75, 3.05) is 37.6 Å². The fourth-order valence-corrected chi connectivity index (χ4v) is 4.16. The number of anilines is 1. The topological polar surface area (TPSA) is 80.0 Å². The molecular weight excluding hydrogens is 354 g/mol. The molecule has 0 aromatic carbocycles. The van der Waals surface area contributed by atoms with E-state index in [0.717, 1.165) is 80.0 Å². The lowest BCUT2D eigenvalue weighted by Crippen LogP contribution is -2.48. The molecule has 3 aromatic rings. The zero-order valence-corrected chi connectivity index (χ0v) is 15.8. The minimum Gasteiger partial charge on any atom is -0.353 e. The smallest absolute Gasteiger partial charge is 0.267 e. The van der Waals surface area contributed by atoms with Crippen molar-refractivity contribution in [1.29, 1.82) is 0 Å². The van der Waals surface area contributed by atoms with Gasteiger partial charge in [0, 0.05) is 50.4 Å². The maximum atomic E-state index is 12.3. The van der Waals surface area contributed by atoms with Crippen molar-refractivity contribution in [1.82, 2.24) is 29.6 Å². The molecule has 0 bridgehead atoms. The Morgan fingerprint density at radius 2 is 1.93 bits per heavy atom. The van der Waals surface area contributed by atoms with Gasteiger partial charge in [0.15, 0.2) is 0 Å². The molecule has 0 radical (unpaired) electrons. The number of rotatable bonds is 4. The molecule has 1 fully saturated rings. The molecule has 0 N–H and O–H groups in total. The molecule has 3 aromatic heterocycles. The highest BCUT2D eigenvalue weighted by Crippen LogP contribution is 2.23. The van der Waals surface area contributed by atoms with Crippen molar-refractivity contribution < 1.29 is 0 Å². The maximum Gasteiger partial charge on any atom is 0.267 e. The summed E-state index contributed by atoms with van der Waals surface area (Å²) in [5.74, 6) is 0.976. The van der Waals surface area contributed by atoms with Gasteiger partial charge in [0.2, 0.25) is 0 Å². The Morgan fingerprint density at radius 3 is 2.82 bits per heavy atom. The molecule has 8 nitrogen and oxygen atoms in total. The molecule has 28 heavy (non-hydrogen) atoms. The first-order chi connectivity index (χ1) is 13.8. The van der Waals surface area contributed by atoms with Crippen molar-refractivity contribution in [2.24, 2.45) is 0 Å². The van der Waals surface area contributed by atoms with E-state index in [-0.39, 0.29) is 5.56 Å². The normalized spacial score (nSPS) is 17.2. The van der Waals surface area contributed by atoms with E-state index in [0.29, 0.717) is 6.54 Å². The summed E-state index contributed by atoms with van der Waals surface area (Å²) in [6, 6.07) is 3.76. The summed E-state index contributed by atoms with van der Waals surface area (Å²) >= 11 is 0. The number of hydrogen-bond donors (Lipinski definition) is 0. The lowest BCUT2D eigenvalue weighted by molar-refractivity contribution is 0.242. The summed E-state index contributed by atoms with van der Waals surface area (Å²) in [5.41, 5.74) is 3.15. The second kappa shape index (κ2) is 7.27.